The smallest absolute Gasteiger partial charge is 0.112 e. The van der Waals surface area contributed by atoms with Crippen LogP contribution in [-0.4, -0.2) is 49.8 Å². The molecule has 0 fully saturated rings. The molecule has 7 aromatic rings. The summed E-state index contributed by atoms with van der Waals surface area (Å²) in [5.74, 6) is 1.61. The summed E-state index contributed by atoms with van der Waals surface area (Å²) in [7, 11) is 0. The zero-order chi connectivity index (χ0) is 28.2. The van der Waals surface area contributed by atoms with E-state index in [1.54, 1.807) is 24.8 Å². The fraction of sp³-hybridized carbons (Fsp3) is 0. The SMILES string of the molecule is [O]=[V+2].c1cnc2c(c1)-c1nc-2nc2[n-]c(nc3nc(nc4[n-]c(n1)c1cccnc41)-c1cccnc1-3)c1ncccc21. The molecular formula is C28H12N12OV. The second kappa shape index (κ2) is 9.47. The maximum atomic E-state index is 8.19. The molecule has 0 N–H and O–H groups in total. The third-order valence-electron chi connectivity index (χ3n) is 6.74. The van der Waals surface area contributed by atoms with Gasteiger partial charge in [-0.25, -0.2) is 9.97 Å². The Morgan fingerprint density at radius 3 is 1.38 bits per heavy atom. The van der Waals surface area contributed by atoms with Crippen LogP contribution in [0, 0.1) is 0 Å². The average molecular weight is 583 g/mol. The van der Waals surface area contributed by atoms with E-state index >= 15 is 0 Å². The van der Waals surface area contributed by atoms with Crippen LogP contribution < -0.4 is 9.97 Å². The Balaban J connectivity index is 0.00000131. The van der Waals surface area contributed by atoms with Crippen molar-refractivity contribution in [2.24, 2.45) is 0 Å². The van der Waals surface area contributed by atoms with Gasteiger partial charge in [-0.1, -0.05) is 12.1 Å². The summed E-state index contributed by atoms with van der Waals surface area (Å²) in [5.41, 5.74) is 5.44. The van der Waals surface area contributed by atoms with Crippen LogP contribution in [0.2, 0.25) is 0 Å². The summed E-state index contributed by atoms with van der Waals surface area (Å²) in [6.45, 7) is 0. The molecule has 0 radical (unpaired) electrons. The molecule has 42 heavy (non-hydrogen) atoms. The van der Waals surface area contributed by atoms with Gasteiger partial charge >= 0.3 is 21.0 Å². The summed E-state index contributed by atoms with van der Waals surface area (Å²) < 4.78 is 8.19. The number of fused-ring (bicyclic) bond motifs is 20. The molecule has 13 nitrogen and oxygen atoms in total. The monoisotopic (exact) mass is 583 g/mol. The molecule has 8 bridgehead atoms. The van der Waals surface area contributed by atoms with Gasteiger partial charge in [-0.15, -0.1) is 0 Å². The first kappa shape index (κ1) is 24.2. The number of hydrogen-bond donors (Lipinski definition) is 0. The average Bonchev–Trinajstić information content (AvgIpc) is 3.78. The largest absolute Gasteiger partial charge is 0.356 e. The molecule has 9 heterocycles. The predicted octanol–water partition coefficient (Wildman–Crippen LogP) is 3.59. The molecule has 7 aromatic heterocycles. The summed E-state index contributed by atoms with van der Waals surface area (Å²) in [6.07, 6.45) is 6.77. The van der Waals surface area contributed by atoms with Crippen molar-refractivity contribution in [3.63, 3.8) is 0 Å². The van der Waals surface area contributed by atoms with Gasteiger partial charge < -0.3 is 29.9 Å². The van der Waals surface area contributed by atoms with Crippen LogP contribution in [0.15, 0.2) is 73.3 Å². The van der Waals surface area contributed by atoms with Gasteiger partial charge in [-0.3, -0.25) is 19.9 Å². The quantitative estimate of drug-likeness (QED) is 0.254. The standard InChI is InChI=1S/C28H12N12.O.V/c1-5-13-17(29-9-1)25-34-21(13)33-22-14-6-2-10-30-18(14)26(35-22)37-24-16-8-4-12-32-20(16)28(39-24)40-27-19-15(7-3-11-31-19)23(36-25)38-27;;/h1-12H;;/q-2;;+2. The third-order valence-corrected chi connectivity index (χ3v) is 6.74. The second-order valence-electron chi connectivity index (χ2n) is 9.08. The number of aromatic nitrogens is 12. The third kappa shape index (κ3) is 3.65. The van der Waals surface area contributed by atoms with Crippen LogP contribution in [0.3, 0.4) is 0 Å². The topological polar surface area (TPSA) is 174 Å². The number of pyridine rings is 4. The van der Waals surface area contributed by atoms with Gasteiger partial charge in [-0.2, -0.15) is 0 Å². The Bertz CT molecular complexity index is 2060. The molecule has 2 aliphatic heterocycles. The minimum Gasteiger partial charge on any atom is -0.356 e. The van der Waals surface area contributed by atoms with Crippen LogP contribution in [0.5, 0.6) is 0 Å². The maximum Gasteiger partial charge on any atom is 0.112 e. The van der Waals surface area contributed by atoms with Crippen LogP contribution in [0.25, 0.3) is 90.2 Å². The Labute approximate surface area is 243 Å². The molecule has 0 aromatic carbocycles. The normalized spacial score (nSPS) is 11.6. The van der Waals surface area contributed by atoms with E-state index in [0.29, 0.717) is 68.3 Å². The van der Waals surface area contributed by atoms with Crippen molar-refractivity contribution in [3.05, 3.63) is 73.3 Å². The van der Waals surface area contributed by atoms with Crippen molar-refractivity contribution in [1.29, 1.82) is 0 Å². The van der Waals surface area contributed by atoms with Crippen molar-refractivity contribution in [3.8, 4) is 45.8 Å². The molecule has 0 saturated carbocycles. The van der Waals surface area contributed by atoms with Crippen molar-refractivity contribution in [2.75, 3.05) is 0 Å². The van der Waals surface area contributed by atoms with E-state index in [1.807, 2.05) is 48.5 Å². The van der Waals surface area contributed by atoms with E-state index in [9.17, 15) is 0 Å². The first-order valence-electron chi connectivity index (χ1n) is 12.5. The molecule has 0 amide bonds. The molecule has 14 heteroatoms. The maximum absolute atomic E-state index is 8.19. The molecular weight excluding hydrogens is 571 g/mol. The Hall–Kier alpha value is -5.66. The zero-order valence-corrected chi connectivity index (χ0v) is 22.5. The van der Waals surface area contributed by atoms with Gasteiger partial charge in [0.25, 0.3) is 0 Å². The van der Waals surface area contributed by atoms with Gasteiger partial charge in [-0.05, 0) is 36.4 Å². The summed E-state index contributed by atoms with van der Waals surface area (Å²) in [4.78, 5) is 56.4. The molecule has 0 atom stereocenters. The molecule has 0 unspecified atom stereocenters. The fourth-order valence-corrected chi connectivity index (χ4v) is 4.96. The first-order valence-corrected chi connectivity index (χ1v) is 13.1. The van der Waals surface area contributed by atoms with Crippen LogP contribution in [0.1, 0.15) is 0 Å². The van der Waals surface area contributed by atoms with Gasteiger partial charge in [0, 0.05) is 69.3 Å². The van der Waals surface area contributed by atoms with E-state index in [2.05, 4.69) is 19.9 Å². The second-order valence-corrected chi connectivity index (χ2v) is 9.08. The fourth-order valence-electron chi connectivity index (χ4n) is 4.96. The number of hydrogen-bond acceptors (Lipinski definition) is 11. The van der Waals surface area contributed by atoms with Gasteiger partial charge in [0.2, 0.25) is 0 Å². The molecule has 195 valence electrons. The number of rotatable bonds is 0. The Morgan fingerprint density at radius 2 is 0.857 bits per heavy atom. The van der Waals surface area contributed by atoms with Crippen molar-refractivity contribution < 1.29 is 21.0 Å². The molecule has 0 saturated heterocycles. The molecule has 0 aliphatic carbocycles. The van der Waals surface area contributed by atoms with Crippen LogP contribution in [0.4, 0.5) is 0 Å². The first-order chi connectivity index (χ1) is 20.8. The summed E-state index contributed by atoms with van der Waals surface area (Å²) >= 11 is 1.06. The van der Waals surface area contributed by atoms with Crippen molar-refractivity contribution >= 4 is 44.4 Å². The molecule has 9 rings (SSSR count). The van der Waals surface area contributed by atoms with E-state index in [4.69, 9.17) is 43.5 Å². The predicted molar refractivity (Wildman–Crippen MR) is 146 cm³/mol. The van der Waals surface area contributed by atoms with Crippen LogP contribution >= 0.6 is 0 Å². The van der Waals surface area contributed by atoms with Crippen molar-refractivity contribution in [2.45, 2.75) is 0 Å². The van der Waals surface area contributed by atoms with Gasteiger partial charge in [0.1, 0.15) is 23.0 Å². The summed E-state index contributed by atoms with van der Waals surface area (Å²) in [5, 5.41) is 1.46. The minimum atomic E-state index is 0.368. The van der Waals surface area contributed by atoms with Gasteiger partial charge in [0.05, 0.1) is 22.7 Å². The minimum absolute atomic E-state index is 0.368. The molecule has 0 spiro atoms. The van der Waals surface area contributed by atoms with Gasteiger partial charge in [0.15, 0.2) is 0 Å². The zero-order valence-electron chi connectivity index (χ0n) is 21.2. The van der Waals surface area contributed by atoms with E-state index in [0.717, 1.165) is 39.3 Å². The molecule has 2 aliphatic rings. The van der Waals surface area contributed by atoms with Crippen molar-refractivity contribution in [1.82, 2.24) is 59.8 Å². The van der Waals surface area contributed by atoms with E-state index in [1.165, 1.54) is 0 Å². The van der Waals surface area contributed by atoms with E-state index < -0.39 is 0 Å². The summed E-state index contributed by atoms with van der Waals surface area (Å²) in [6, 6.07) is 14.9. The van der Waals surface area contributed by atoms with E-state index in [-0.39, 0.29) is 0 Å². The van der Waals surface area contributed by atoms with Crippen LogP contribution in [-0.2, 0) is 21.0 Å². The Morgan fingerprint density at radius 1 is 0.452 bits per heavy atom. The Kier molecular flexibility index (Phi) is 5.45. The number of nitrogens with zero attached hydrogens (tertiary/aromatic N) is 12.